The lowest BCUT2D eigenvalue weighted by Crippen LogP contribution is -2.39. The van der Waals surface area contributed by atoms with Crippen molar-refractivity contribution < 1.29 is 19.1 Å². The molecule has 160 valence electrons. The minimum absolute atomic E-state index is 0.0457. The van der Waals surface area contributed by atoms with Gasteiger partial charge in [-0.3, -0.25) is 14.4 Å². The highest BCUT2D eigenvalue weighted by molar-refractivity contribution is 14.1. The quantitative estimate of drug-likeness (QED) is 0.264. The average Bonchev–Trinajstić information content (AvgIpc) is 2.73. The van der Waals surface area contributed by atoms with Crippen LogP contribution in [0.3, 0.4) is 0 Å². The van der Waals surface area contributed by atoms with E-state index in [-0.39, 0.29) is 40.5 Å². The second-order valence-electron chi connectivity index (χ2n) is 7.28. The van der Waals surface area contributed by atoms with Gasteiger partial charge in [-0.25, -0.2) is 0 Å². The summed E-state index contributed by atoms with van der Waals surface area (Å²) in [4.78, 5) is 35.5. The summed E-state index contributed by atoms with van der Waals surface area (Å²) in [6.07, 6.45) is 1.43. The zero-order chi connectivity index (χ0) is 21.9. The molecule has 0 aliphatic carbocycles. The van der Waals surface area contributed by atoms with Gasteiger partial charge in [0.2, 0.25) is 5.91 Å². The molecular weight excluding hydrogens is 493 g/mol. The number of benzene rings is 2. The third-order valence-electron chi connectivity index (χ3n) is 4.78. The first-order valence-corrected chi connectivity index (χ1v) is 11.3. The Kier molecular flexibility index (Phi) is 10.00. The molecule has 0 aromatic heterocycles. The van der Waals surface area contributed by atoms with Crippen molar-refractivity contribution in [3.05, 3.63) is 60.2 Å². The van der Waals surface area contributed by atoms with Gasteiger partial charge in [0.25, 0.3) is 0 Å². The van der Waals surface area contributed by atoms with Crippen LogP contribution in [0.5, 0.6) is 0 Å². The first-order chi connectivity index (χ1) is 14.4. The average molecular weight is 521 g/mol. The Morgan fingerprint density at radius 3 is 2.20 bits per heavy atom. The van der Waals surface area contributed by atoms with Gasteiger partial charge in [-0.1, -0.05) is 61.5 Å². The summed E-state index contributed by atoms with van der Waals surface area (Å²) in [5.74, 6) is -0.773. The van der Waals surface area contributed by atoms with E-state index in [0.29, 0.717) is 19.4 Å². The van der Waals surface area contributed by atoms with E-state index >= 15 is 0 Å². The topological polar surface area (TPSA) is 72.5 Å². The highest BCUT2D eigenvalue weighted by Crippen LogP contribution is 2.21. The molecule has 2 aromatic rings. The fraction of sp³-hybridized carbons (Fsp3) is 0.375. The van der Waals surface area contributed by atoms with Crippen molar-refractivity contribution >= 4 is 38.3 Å². The zero-order valence-electron chi connectivity index (χ0n) is 17.4. The number of nitrogens with one attached hydrogen (secondary N) is 1. The van der Waals surface area contributed by atoms with E-state index in [2.05, 4.69) is 29.6 Å². The van der Waals surface area contributed by atoms with Crippen LogP contribution >= 0.6 is 22.6 Å². The first kappa shape index (κ1) is 24.1. The molecule has 0 fully saturated rings. The maximum atomic E-state index is 12.3. The number of esters is 1. The van der Waals surface area contributed by atoms with E-state index in [4.69, 9.17) is 4.74 Å². The van der Waals surface area contributed by atoms with Gasteiger partial charge in [0, 0.05) is 18.9 Å². The fourth-order valence-electron chi connectivity index (χ4n) is 3.26. The Balaban J connectivity index is 2.07. The van der Waals surface area contributed by atoms with Gasteiger partial charge in [0.1, 0.15) is 0 Å². The molecule has 0 bridgehead atoms. The van der Waals surface area contributed by atoms with Crippen molar-refractivity contribution in [2.45, 2.75) is 45.6 Å². The molecule has 2 aromatic carbocycles. The van der Waals surface area contributed by atoms with Crippen LogP contribution in [0.25, 0.3) is 11.1 Å². The summed E-state index contributed by atoms with van der Waals surface area (Å²) in [6.45, 7) is 3.92. The molecule has 2 rings (SSSR count). The van der Waals surface area contributed by atoms with E-state index in [0.717, 1.165) is 16.7 Å². The third-order valence-corrected chi connectivity index (χ3v) is 5.32. The number of rotatable bonds is 11. The maximum Gasteiger partial charge on any atom is 0.308 e. The molecule has 0 spiro atoms. The minimum atomic E-state index is -0.329. The van der Waals surface area contributed by atoms with Crippen LogP contribution in [0.1, 0.15) is 38.7 Å². The van der Waals surface area contributed by atoms with E-state index < -0.39 is 0 Å². The molecule has 0 saturated carbocycles. The largest absolute Gasteiger partial charge is 0.466 e. The van der Waals surface area contributed by atoms with Gasteiger partial charge in [-0.15, -0.1) is 0 Å². The van der Waals surface area contributed by atoms with Gasteiger partial charge >= 0.3 is 5.97 Å². The van der Waals surface area contributed by atoms with Crippen LogP contribution in [0.2, 0.25) is 0 Å². The normalized spacial score (nSPS) is 12.6. The van der Waals surface area contributed by atoms with Crippen molar-refractivity contribution in [1.29, 1.82) is 0 Å². The third kappa shape index (κ3) is 8.26. The van der Waals surface area contributed by atoms with E-state index in [1.807, 2.05) is 37.3 Å². The summed E-state index contributed by atoms with van der Waals surface area (Å²) in [7, 11) is 0. The van der Waals surface area contributed by atoms with Gasteiger partial charge < -0.3 is 10.1 Å². The van der Waals surface area contributed by atoms with Crippen molar-refractivity contribution in [1.82, 2.24) is 5.32 Å². The van der Waals surface area contributed by atoms with Gasteiger partial charge in [-0.05, 0) is 59.0 Å². The molecule has 1 amide bonds. The van der Waals surface area contributed by atoms with E-state index in [1.54, 1.807) is 29.5 Å². The number of hydrogen-bond acceptors (Lipinski definition) is 4. The summed E-state index contributed by atoms with van der Waals surface area (Å²) in [5.41, 5.74) is 3.34. The maximum absolute atomic E-state index is 12.3. The van der Waals surface area contributed by atoms with Crippen molar-refractivity contribution in [3.63, 3.8) is 0 Å². The van der Waals surface area contributed by atoms with Gasteiger partial charge in [-0.2, -0.15) is 0 Å². The van der Waals surface area contributed by atoms with E-state index in [9.17, 15) is 14.4 Å². The summed E-state index contributed by atoms with van der Waals surface area (Å²) < 4.78 is 5.06. The number of amides is 1. The molecular formula is C24H28INO4. The van der Waals surface area contributed by atoms with Gasteiger partial charge in [0.15, 0.2) is 3.79 Å². The first-order valence-electron chi connectivity index (χ1n) is 10.2. The van der Waals surface area contributed by atoms with Gasteiger partial charge in [0.05, 0.1) is 12.5 Å². The fourth-order valence-corrected chi connectivity index (χ4v) is 3.53. The lowest BCUT2D eigenvalue weighted by molar-refractivity contribution is -0.148. The van der Waals surface area contributed by atoms with E-state index in [1.165, 1.54) is 0 Å². The molecule has 1 N–H and O–H groups in total. The lowest BCUT2D eigenvalue weighted by atomic mass is 9.94. The number of halogens is 1. The van der Waals surface area contributed by atoms with Crippen LogP contribution in [0, 0.1) is 5.92 Å². The number of carbonyl (C=O) groups is 3. The van der Waals surface area contributed by atoms with Crippen molar-refractivity contribution in [2.24, 2.45) is 5.92 Å². The summed E-state index contributed by atoms with van der Waals surface area (Å²) in [6, 6.07) is 18.1. The molecule has 30 heavy (non-hydrogen) atoms. The molecule has 0 heterocycles. The molecule has 0 aliphatic heterocycles. The SMILES string of the molecule is CCOC(=O)C(C)C[C@@H](Cc1ccc(-c2ccccc2)cc1)NC(=O)CCC(=O)I. The van der Waals surface area contributed by atoms with Crippen molar-refractivity contribution in [3.8, 4) is 11.1 Å². The minimum Gasteiger partial charge on any atom is -0.466 e. The molecule has 2 atom stereocenters. The number of carbonyl (C=O) groups excluding carboxylic acids is 3. The smallest absolute Gasteiger partial charge is 0.308 e. The molecule has 1 unspecified atom stereocenters. The Bertz CT molecular complexity index is 836. The predicted molar refractivity (Wildman–Crippen MR) is 126 cm³/mol. The van der Waals surface area contributed by atoms with Crippen LogP contribution in [-0.2, 0) is 25.5 Å². The summed E-state index contributed by atoms with van der Waals surface area (Å²) >= 11 is 1.69. The lowest BCUT2D eigenvalue weighted by Gasteiger charge is -2.22. The molecule has 6 heteroatoms. The van der Waals surface area contributed by atoms with Crippen molar-refractivity contribution in [2.75, 3.05) is 6.61 Å². The molecule has 0 radical (unpaired) electrons. The predicted octanol–water partition coefficient (Wildman–Crippen LogP) is 4.71. The second-order valence-corrected chi connectivity index (χ2v) is 8.48. The standard InChI is InChI=1S/C24H28INO4/c1-3-30-24(29)17(2)15-21(26-23(28)14-13-22(25)27)16-18-9-11-20(12-10-18)19-7-5-4-6-8-19/h4-12,17,21H,3,13-16H2,1-2H3,(H,26,28)/t17?,21-/m0/s1. The Hall–Kier alpha value is -2.22. The number of ether oxygens (including phenoxy) is 1. The second kappa shape index (κ2) is 12.5. The Morgan fingerprint density at radius 2 is 1.60 bits per heavy atom. The van der Waals surface area contributed by atoms with Crippen LogP contribution in [0.15, 0.2) is 54.6 Å². The Labute approximate surface area is 191 Å². The summed E-state index contributed by atoms with van der Waals surface area (Å²) in [5, 5.41) is 2.99. The van der Waals surface area contributed by atoms with Crippen LogP contribution in [0.4, 0.5) is 0 Å². The molecule has 5 nitrogen and oxygen atoms in total. The zero-order valence-corrected chi connectivity index (χ0v) is 19.6. The van der Waals surface area contributed by atoms with Crippen LogP contribution in [-0.4, -0.2) is 28.3 Å². The monoisotopic (exact) mass is 521 g/mol. The highest BCUT2D eigenvalue weighted by Gasteiger charge is 2.22. The molecule has 0 saturated heterocycles. The highest BCUT2D eigenvalue weighted by atomic mass is 127. The Morgan fingerprint density at radius 1 is 0.967 bits per heavy atom. The number of hydrogen-bond donors (Lipinski definition) is 1. The molecule has 0 aliphatic rings. The van der Waals surface area contributed by atoms with Crippen LogP contribution < -0.4 is 5.32 Å².